The average Bonchev–Trinajstić information content (AvgIpc) is 2.12. The van der Waals surface area contributed by atoms with Gasteiger partial charge in [-0.1, -0.05) is 0 Å². The van der Waals surface area contributed by atoms with E-state index in [1.165, 1.54) is 6.20 Å². The Bertz CT molecular complexity index is 219. The third-order valence-electron chi connectivity index (χ3n) is 0.666. The topological polar surface area (TPSA) is 45.8 Å². The average molecular weight is 194 g/mol. The van der Waals surface area contributed by atoms with E-state index in [1.54, 1.807) is 6.20 Å². The van der Waals surface area contributed by atoms with Crippen LogP contribution in [0.15, 0.2) is 17.3 Å². The van der Waals surface area contributed by atoms with Crippen molar-refractivity contribution in [3.05, 3.63) is 12.4 Å². The Kier molecular flexibility index (Phi) is 1.83. The molecule has 0 fully saturated rings. The number of hydrogen-bond donors (Lipinski definition) is 1. The van der Waals surface area contributed by atoms with Crippen LogP contribution in [0.4, 0.5) is 0 Å². The summed E-state index contributed by atoms with van der Waals surface area (Å²) in [6, 6.07) is 0. The second-order valence-corrected chi connectivity index (χ2v) is 4.02. The first-order valence-electron chi connectivity index (χ1n) is 1.89. The molecule has 1 rings (SSSR count). The van der Waals surface area contributed by atoms with Crippen LogP contribution in [0.1, 0.15) is 0 Å². The quantitative estimate of drug-likeness (QED) is 0.497. The van der Waals surface area contributed by atoms with E-state index in [4.69, 9.17) is 0 Å². The zero-order chi connectivity index (χ0) is 5.98. The molecule has 0 saturated heterocycles. The zero-order valence-electron chi connectivity index (χ0n) is 3.83. The standard InChI is InChI=1S/C3H3N2OSSe/c6-7(8)3-1-4-5-2-3/h1-2H,(H,4,5)/q-1. The Morgan fingerprint density at radius 3 is 2.88 bits per heavy atom. The summed E-state index contributed by atoms with van der Waals surface area (Å²) in [5, 5.41) is 6.15. The van der Waals surface area contributed by atoms with E-state index in [2.05, 4.69) is 24.6 Å². The van der Waals surface area contributed by atoms with Gasteiger partial charge in [0.25, 0.3) is 0 Å². The maximum absolute atomic E-state index is 10.5. The third-order valence-corrected chi connectivity index (χ3v) is 2.49. The Balaban J connectivity index is 3.11. The molecule has 0 aliphatic heterocycles. The first-order valence-corrected chi connectivity index (χ1v) is 5.06. The molecule has 44 valence electrons. The van der Waals surface area contributed by atoms with Gasteiger partial charge in [-0.25, -0.2) is 0 Å². The van der Waals surface area contributed by atoms with Crippen molar-refractivity contribution in [3.63, 3.8) is 0 Å². The monoisotopic (exact) mass is 195 g/mol. The van der Waals surface area contributed by atoms with Gasteiger partial charge in [0.15, 0.2) is 0 Å². The van der Waals surface area contributed by atoms with Crippen LogP contribution in [-0.2, 0) is 12.9 Å². The van der Waals surface area contributed by atoms with Crippen molar-refractivity contribution in [1.82, 2.24) is 10.2 Å². The first-order chi connectivity index (χ1) is 3.80. The second kappa shape index (κ2) is 2.44. The molecule has 0 spiro atoms. The van der Waals surface area contributed by atoms with Crippen LogP contribution in [0.5, 0.6) is 0 Å². The van der Waals surface area contributed by atoms with Gasteiger partial charge in [-0.05, 0) is 0 Å². The molecule has 8 heavy (non-hydrogen) atoms. The normalized spacial score (nSPS) is 10.1. The molecule has 0 aromatic carbocycles. The van der Waals surface area contributed by atoms with Crippen LogP contribution in [0.3, 0.4) is 0 Å². The number of aromatic nitrogens is 2. The minimum atomic E-state index is -1.02. The molecule has 0 radical (unpaired) electrons. The Hall–Kier alpha value is -0.121. The summed E-state index contributed by atoms with van der Waals surface area (Å²) in [4.78, 5) is 0.685. The van der Waals surface area contributed by atoms with Crippen LogP contribution >= 0.6 is 0 Å². The van der Waals surface area contributed by atoms with Crippen LogP contribution in [-0.4, -0.2) is 24.6 Å². The van der Waals surface area contributed by atoms with Gasteiger partial charge >= 0.3 is 54.8 Å². The summed E-state index contributed by atoms with van der Waals surface area (Å²) in [5.41, 5.74) is 0. The predicted molar refractivity (Wildman–Crippen MR) is 30.7 cm³/mol. The molecule has 5 heteroatoms. The van der Waals surface area contributed by atoms with Gasteiger partial charge in [-0.15, -0.1) is 0 Å². The molecule has 0 aliphatic rings. The van der Waals surface area contributed by atoms with E-state index in [0.717, 1.165) is 0 Å². The molecule has 1 heterocycles. The van der Waals surface area contributed by atoms with Gasteiger partial charge in [-0.2, -0.15) is 0 Å². The van der Waals surface area contributed by atoms with Gasteiger partial charge < -0.3 is 0 Å². The van der Waals surface area contributed by atoms with Gasteiger partial charge in [-0.3, -0.25) is 0 Å². The molecule has 0 saturated carbocycles. The summed E-state index contributed by atoms with van der Waals surface area (Å²) >= 11 is 2.45. The molecular weight excluding hydrogens is 191 g/mol. The fourth-order valence-corrected chi connectivity index (χ4v) is 1.19. The van der Waals surface area contributed by atoms with E-state index >= 15 is 0 Å². The van der Waals surface area contributed by atoms with E-state index < -0.39 is 8.72 Å². The van der Waals surface area contributed by atoms with Crippen LogP contribution in [0, 0.1) is 0 Å². The summed E-state index contributed by atoms with van der Waals surface area (Å²) in [6.45, 7) is 0. The van der Waals surface area contributed by atoms with Crippen molar-refractivity contribution in [3.8, 4) is 0 Å². The number of aromatic amines is 1. The van der Waals surface area contributed by atoms with Crippen LogP contribution < -0.4 is 0 Å². The molecule has 0 amide bonds. The van der Waals surface area contributed by atoms with Gasteiger partial charge in [0, 0.05) is 0 Å². The fourth-order valence-electron chi connectivity index (χ4n) is 0.330. The molecule has 1 aromatic rings. The van der Waals surface area contributed by atoms with Gasteiger partial charge in [0.1, 0.15) is 0 Å². The van der Waals surface area contributed by atoms with E-state index in [1.807, 2.05) is 0 Å². The second-order valence-electron chi connectivity index (χ2n) is 1.17. The Morgan fingerprint density at radius 2 is 2.62 bits per heavy atom. The zero-order valence-corrected chi connectivity index (χ0v) is 6.36. The number of nitrogens with one attached hydrogen (secondary N) is 1. The van der Waals surface area contributed by atoms with E-state index in [9.17, 15) is 4.21 Å². The van der Waals surface area contributed by atoms with Crippen molar-refractivity contribution in [2.45, 2.75) is 4.90 Å². The number of rotatable bonds is 1. The molecule has 0 atom stereocenters. The van der Waals surface area contributed by atoms with Crippen molar-refractivity contribution < 1.29 is 4.21 Å². The molecular formula is C3H3N2OSSe-. The Morgan fingerprint density at radius 1 is 1.88 bits per heavy atom. The number of nitrogens with zero attached hydrogens (tertiary/aromatic N) is 1. The van der Waals surface area contributed by atoms with Gasteiger partial charge in [0.2, 0.25) is 0 Å². The minimum absolute atomic E-state index is 0.685. The first kappa shape index (κ1) is 6.01. The molecule has 3 nitrogen and oxygen atoms in total. The van der Waals surface area contributed by atoms with Crippen LogP contribution in [0.25, 0.3) is 0 Å². The van der Waals surface area contributed by atoms with Crippen molar-refractivity contribution in [2.75, 3.05) is 0 Å². The number of hydrogen-bond acceptors (Lipinski definition) is 3. The third kappa shape index (κ3) is 1.18. The molecule has 0 bridgehead atoms. The summed E-state index contributed by atoms with van der Waals surface area (Å²) in [5.74, 6) is 0. The molecule has 0 unspecified atom stereocenters. The number of H-pyrrole nitrogens is 1. The molecule has 0 aliphatic carbocycles. The van der Waals surface area contributed by atoms with Crippen molar-refractivity contribution >= 4 is 23.1 Å². The fraction of sp³-hybridized carbons (Fsp3) is 0. The maximum atomic E-state index is 10.5. The van der Waals surface area contributed by atoms with E-state index in [0.29, 0.717) is 4.90 Å². The summed E-state index contributed by atoms with van der Waals surface area (Å²) in [7, 11) is -1.02. The Labute approximate surface area is 55.2 Å². The van der Waals surface area contributed by atoms with Gasteiger partial charge in [0.05, 0.1) is 0 Å². The van der Waals surface area contributed by atoms with Crippen LogP contribution in [0.2, 0.25) is 0 Å². The predicted octanol–water partition coefficient (Wildman–Crippen LogP) is -0.184. The molecule has 1 N–H and O–H groups in total. The van der Waals surface area contributed by atoms with E-state index in [-0.39, 0.29) is 0 Å². The summed E-state index contributed by atoms with van der Waals surface area (Å²) < 4.78 is 10.5. The van der Waals surface area contributed by atoms with Crippen molar-refractivity contribution in [2.24, 2.45) is 0 Å². The SMILES string of the molecule is O=[S-](=[Se])c1cn[nH]c1. The molecule has 1 aromatic heterocycles. The van der Waals surface area contributed by atoms with Crippen molar-refractivity contribution in [1.29, 1.82) is 0 Å². The summed E-state index contributed by atoms with van der Waals surface area (Å²) in [6.07, 6.45) is 3.11.